The van der Waals surface area contributed by atoms with Crippen LogP contribution in [0.25, 0.3) is 21.5 Å². The van der Waals surface area contributed by atoms with Gasteiger partial charge in [0.1, 0.15) is 16.4 Å². The lowest BCUT2D eigenvalue weighted by atomic mass is 10.2. The molecule has 0 unspecified atom stereocenters. The third-order valence-electron chi connectivity index (χ3n) is 3.22. The molecule has 6 nitrogen and oxygen atoms in total. The Bertz CT molecular complexity index is 935. The normalized spacial score (nSPS) is 11.2. The van der Waals surface area contributed by atoms with Gasteiger partial charge >= 0.3 is 0 Å². The predicted molar refractivity (Wildman–Crippen MR) is 79.3 cm³/mol. The van der Waals surface area contributed by atoms with E-state index < -0.39 is 0 Å². The van der Waals surface area contributed by atoms with Crippen molar-refractivity contribution in [1.29, 1.82) is 0 Å². The first-order valence-electron chi connectivity index (χ1n) is 6.32. The van der Waals surface area contributed by atoms with Crippen molar-refractivity contribution in [3.05, 3.63) is 58.7 Å². The highest BCUT2D eigenvalue weighted by molar-refractivity contribution is 7.17. The summed E-state index contributed by atoms with van der Waals surface area (Å²) in [4.78, 5) is 24.9. The highest BCUT2D eigenvalue weighted by Gasteiger charge is 2.15. The lowest BCUT2D eigenvalue weighted by Crippen LogP contribution is -2.21. The quantitative estimate of drug-likeness (QED) is 0.630. The average Bonchev–Trinajstić information content (AvgIpc) is 3.21. The number of rotatable bonds is 3. The van der Waals surface area contributed by atoms with E-state index in [0.29, 0.717) is 28.3 Å². The zero-order valence-corrected chi connectivity index (χ0v) is 11.6. The van der Waals surface area contributed by atoms with Gasteiger partial charge in [-0.1, -0.05) is 0 Å². The van der Waals surface area contributed by atoms with Crippen molar-refractivity contribution in [2.75, 3.05) is 0 Å². The van der Waals surface area contributed by atoms with E-state index in [1.165, 1.54) is 11.3 Å². The molecule has 0 fully saturated rings. The van der Waals surface area contributed by atoms with Crippen molar-refractivity contribution in [3.63, 3.8) is 0 Å². The number of aromatic nitrogens is 4. The van der Waals surface area contributed by atoms with Crippen LogP contribution in [0.2, 0.25) is 0 Å². The zero-order chi connectivity index (χ0) is 14.2. The van der Waals surface area contributed by atoms with Gasteiger partial charge in [-0.15, -0.1) is 11.3 Å². The Morgan fingerprint density at radius 2 is 2.33 bits per heavy atom. The van der Waals surface area contributed by atoms with Gasteiger partial charge in [-0.3, -0.25) is 9.36 Å². The minimum Gasteiger partial charge on any atom is -0.464 e. The summed E-state index contributed by atoms with van der Waals surface area (Å²) in [6.07, 6.45) is 6.53. The van der Waals surface area contributed by atoms with Gasteiger partial charge in [0.05, 0.1) is 24.5 Å². The molecular weight excluding hydrogens is 288 g/mol. The highest BCUT2D eigenvalue weighted by atomic mass is 32.1. The van der Waals surface area contributed by atoms with Crippen LogP contribution in [-0.2, 0) is 6.54 Å². The van der Waals surface area contributed by atoms with Crippen LogP contribution in [0.15, 0.2) is 51.7 Å². The molecular formula is C14H10N4O2S. The first-order valence-corrected chi connectivity index (χ1v) is 7.19. The van der Waals surface area contributed by atoms with E-state index in [9.17, 15) is 4.79 Å². The monoisotopic (exact) mass is 298 g/mol. The maximum atomic E-state index is 12.7. The second kappa shape index (κ2) is 4.71. The van der Waals surface area contributed by atoms with Crippen molar-refractivity contribution >= 4 is 21.6 Å². The van der Waals surface area contributed by atoms with Crippen LogP contribution in [0, 0.1) is 0 Å². The zero-order valence-electron chi connectivity index (χ0n) is 10.8. The summed E-state index contributed by atoms with van der Waals surface area (Å²) < 4.78 is 6.94. The maximum Gasteiger partial charge on any atom is 0.263 e. The van der Waals surface area contributed by atoms with Crippen LogP contribution in [0.3, 0.4) is 0 Å². The fraction of sp³-hybridized carbons (Fsp3) is 0.0714. The van der Waals surface area contributed by atoms with Gasteiger partial charge in [0, 0.05) is 23.3 Å². The third-order valence-corrected chi connectivity index (χ3v) is 4.11. The van der Waals surface area contributed by atoms with Gasteiger partial charge in [0.25, 0.3) is 5.56 Å². The van der Waals surface area contributed by atoms with Crippen molar-refractivity contribution in [3.8, 4) is 11.3 Å². The van der Waals surface area contributed by atoms with E-state index in [4.69, 9.17) is 4.42 Å². The van der Waals surface area contributed by atoms with E-state index in [0.717, 1.165) is 5.56 Å². The minimum atomic E-state index is -0.0935. The molecule has 104 valence electrons. The molecule has 1 N–H and O–H groups in total. The van der Waals surface area contributed by atoms with Crippen molar-refractivity contribution < 1.29 is 4.42 Å². The van der Waals surface area contributed by atoms with E-state index in [1.807, 2.05) is 11.4 Å². The molecule has 0 aromatic carbocycles. The molecule has 0 radical (unpaired) electrons. The molecule has 0 aliphatic heterocycles. The molecule has 4 rings (SSSR count). The molecule has 0 saturated carbocycles. The molecule has 4 heterocycles. The van der Waals surface area contributed by atoms with Gasteiger partial charge in [-0.2, -0.15) is 0 Å². The number of aromatic amines is 1. The fourth-order valence-electron chi connectivity index (χ4n) is 2.24. The summed E-state index contributed by atoms with van der Waals surface area (Å²) in [6, 6.07) is 3.64. The van der Waals surface area contributed by atoms with Crippen LogP contribution in [0.1, 0.15) is 5.82 Å². The molecule has 0 saturated heterocycles. The first kappa shape index (κ1) is 12.1. The van der Waals surface area contributed by atoms with Gasteiger partial charge < -0.3 is 9.40 Å². The lowest BCUT2D eigenvalue weighted by Gasteiger charge is -2.03. The molecule has 0 spiro atoms. The van der Waals surface area contributed by atoms with Crippen LogP contribution in [-0.4, -0.2) is 19.5 Å². The molecule has 0 amide bonds. The number of H-pyrrole nitrogens is 1. The second-order valence-corrected chi connectivity index (χ2v) is 5.38. The molecule has 4 aromatic rings. The maximum absolute atomic E-state index is 12.7. The van der Waals surface area contributed by atoms with Crippen LogP contribution in [0.5, 0.6) is 0 Å². The number of imidazole rings is 1. The summed E-state index contributed by atoms with van der Waals surface area (Å²) in [5.41, 5.74) is 0.690. The Hall–Kier alpha value is -2.67. The Morgan fingerprint density at radius 3 is 3.10 bits per heavy atom. The molecule has 0 bridgehead atoms. The number of hydrogen-bond donors (Lipinski definition) is 1. The Labute approximate surface area is 122 Å². The molecule has 21 heavy (non-hydrogen) atoms. The Balaban J connectivity index is 1.89. The number of furan rings is 1. The summed E-state index contributed by atoms with van der Waals surface area (Å²) >= 11 is 1.44. The number of nitrogens with one attached hydrogen (secondary N) is 1. The number of nitrogens with zero attached hydrogens (tertiary/aromatic N) is 3. The van der Waals surface area contributed by atoms with Crippen LogP contribution < -0.4 is 5.56 Å². The molecule has 0 aliphatic rings. The summed E-state index contributed by atoms with van der Waals surface area (Å²) in [5.74, 6) is 1.39. The van der Waals surface area contributed by atoms with E-state index in [1.54, 1.807) is 35.6 Å². The standard InChI is InChI=1S/C14H10N4O2S/c19-14-12-9(10-2-1-5-20-10)7-21-13(12)17-8-18(14)6-11-15-3-4-16-11/h1-5,7-8H,6H2,(H,15,16). The Kier molecular flexibility index (Phi) is 2.71. The molecule has 0 aliphatic carbocycles. The molecule has 4 aromatic heterocycles. The van der Waals surface area contributed by atoms with Crippen molar-refractivity contribution in [2.45, 2.75) is 6.54 Å². The van der Waals surface area contributed by atoms with Crippen LogP contribution in [0.4, 0.5) is 0 Å². The van der Waals surface area contributed by atoms with Gasteiger partial charge in [0.2, 0.25) is 0 Å². The van der Waals surface area contributed by atoms with Gasteiger partial charge in [-0.05, 0) is 12.1 Å². The SMILES string of the molecule is O=c1c2c(-c3ccco3)csc2ncn1Cc1ncc[nH]1. The smallest absolute Gasteiger partial charge is 0.263 e. The summed E-state index contributed by atoms with van der Waals surface area (Å²) in [5, 5.41) is 2.48. The van der Waals surface area contributed by atoms with E-state index in [-0.39, 0.29) is 5.56 Å². The third kappa shape index (κ3) is 1.98. The fourth-order valence-corrected chi connectivity index (χ4v) is 3.13. The van der Waals surface area contributed by atoms with Crippen molar-refractivity contribution in [2.24, 2.45) is 0 Å². The molecule has 7 heteroatoms. The number of hydrogen-bond acceptors (Lipinski definition) is 5. The average molecular weight is 298 g/mol. The summed E-state index contributed by atoms with van der Waals surface area (Å²) in [6.45, 7) is 0.363. The van der Waals surface area contributed by atoms with E-state index >= 15 is 0 Å². The lowest BCUT2D eigenvalue weighted by molar-refractivity contribution is 0.583. The van der Waals surface area contributed by atoms with E-state index in [2.05, 4.69) is 15.0 Å². The van der Waals surface area contributed by atoms with Gasteiger partial charge in [0.15, 0.2) is 0 Å². The molecule has 0 atom stereocenters. The van der Waals surface area contributed by atoms with Crippen molar-refractivity contribution in [1.82, 2.24) is 19.5 Å². The predicted octanol–water partition coefficient (Wildman–Crippen LogP) is 2.49. The highest BCUT2D eigenvalue weighted by Crippen LogP contribution is 2.30. The van der Waals surface area contributed by atoms with Crippen LogP contribution >= 0.6 is 11.3 Å². The summed E-state index contributed by atoms with van der Waals surface area (Å²) in [7, 11) is 0. The minimum absolute atomic E-state index is 0.0935. The number of fused-ring (bicyclic) bond motifs is 1. The number of thiophene rings is 1. The first-order chi connectivity index (χ1) is 10.3. The topological polar surface area (TPSA) is 76.7 Å². The Morgan fingerprint density at radius 1 is 1.38 bits per heavy atom. The van der Waals surface area contributed by atoms with Gasteiger partial charge in [-0.25, -0.2) is 9.97 Å². The largest absolute Gasteiger partial charge is 0.464 e. The second-order valence-electron chi connectivity index (χ2n) is 4.52.